The molecule has 0 radical (unpaired) electrons. The van der Waals surface area contributed by atoms with Crippen LogP contribution in [0, 0.1) is 10.8 Å². The van der Waals surface area contributed by atoms with Crippen LogP contribution in [0.5, 0.6) is 0 Å². The summed E-state index contributed by atoms with van der Waals surface area (Å²) in [6, 6.07) is -0.264. The number of carbonyl (C=O) groups is 2. The van der Waals surface area contributed by atoms with E-state index in [4.69, 9.17) is 9.47 Å². The van der Waals surface area contributed by atoms with E-state index in [2.05, 4.69) is 37.7 Å². The van der Waals surface area contributed by atoms with E-state index in [0.29, 0.717) is 12.0 Å². The van der Waals surface area contributed by atoms with Crippen molar-refractivity contribution in [3.05, 3.63) is 12.2 Å². The zero-order chi connectivity index (χ0) is 20.0. The van der Waals surface area contributed by atoms with Gasteiger partial charge in [-0.15, -0.1) is 0 Å². The number of esters is 1. The lowest BCUT2D eigenvalue weighted by atomic mass is 9.60. The molecule has 0 spiro atoms. The molecule has 0 aliphatic heterocycles. The van der Waals surface area contributed by atoms with Gasteiger partial charge in [-0.2, -0.15) is 0 Å². The van der Waals surface area contributed by atoms with Crippen LogP contribution in [0.3, 0.4) is 0 Å². The van der Waals surface area contributed by atoms with Crippen LogP contribution < -0.4 is 5.32 Å². The number of nitrogens with zero attached hydrogens (tertiary/aromatic N) is 1. The smallest absolute Gasteiger partial charge is 0.407 e. The highest BCUT2D eigenvalue weighted by Crippen LogP contribution is 2.48. The molecule has 1 saturated carbocycles. The first-order valence-corrected chi connectivity index (χ1v) is 8.82. The Morgan fingerprint density at radius 1 is 1.27 bits per heavy atom. The van der Waals surface area contributed by atoms with Crippen molar-refractivity contribution in [2.75, 3.05) is 13.2 Å². The lowest BCUT2D eigenvalue weighted by Gasteiger charge is -2.48. The molecule has 0 bridgehead atoms. The Kier molecular flexibility index (Phi) is 7.57. The number of hydrogen-bond acceptors (Lipinski definition) is 6. The molecule has 26 heavy (non-hydrogen) atoms. The monoisotopic (exact) mass is 366 g/mol. The normalized spacial score (nSPS) is 25.3. The van der Waals surface area contributed by atoms with E-state index in [1.165, 1.54) is 0 Å². The molecule has 1 fully saturated rings. The Bertz CT molecular complexity index is 595. The number of amides is 1. The number of ether oxygens (including phenoxy) is 2. The first kappa shape index (κ1) is 21.9. The van der Waals surface area contributed by atoms with Gasteiger partial charge in [-0.1, -0.05) is 27.4 Å². The highest BCUT2D eigenvalue weighted by atomic mass is 16.6. The Hall–Kier alpha value is -2.14. The predicted molar refractivity (Wildman–Crippen MR) is 97.4 cm³/mol. The molecule has 7 heteroatoms. The van der Waals surface area contributed by atoms with Gasteiger partial charge in [0.25, 0.3) is 0 Å². The van der Waals surface area contributed by atoms with E-state index in [1.54, 1.807) is 13.0 Å². The van der Waals surface area contributed by atoms with Crippen molar-refractivity contribution in [1.29, 1.82) is 0 Å². The molecule has 3 atom stereocenters. The van der Waals surface area contributed by atoms with Crippen molar-refractivity contribution in [3.8, 4) is 0 Å². The van der Waals surface area contributed by atoms with Gasteiger partial charge in [0, 0.05) is 11.6 Å². The average Bonchev–Trinajstić information content (AvgIpc) is 2.49. The van der Waals surface area contributed by atoms with Crippen LogP contribution >= 0.6 is 0 Å². The molecular formula is C19H30N2O5. The third-order valence-corrected chi connectivity index (χ3v) is 4.87. The van der Waals surface area contributed by atoms with Crippen molar-refractivity contribution in [3.63, 3.8) is 0 Å². The first-order chi connectivity index (χ1) is 12.0. The van der Waals surface area contributed by atoms with Gasteiger partial charge in [-0.05, 0) is 43.9 Å². The quantitative estimate of drug-likeness (QED) is 0.246. The molecule has 0 saturated heterocycles. The third-order valence-electron chi connectivity index (χ3n) is 4.87. The van der Waals surface area contributed by atoms with Crippen LogP contribution in [0.25, 0.3) is 0 Å². The maximum atomic E-state index is 12.0. The van der Waals surface area contributed by atoms with E-state index in [1.807, 2.05) is 6.92 Å². The lowest BCUT2D eigenvalue weighted by Crippen LogP contribution is -2.50. The second-order valence-electron chi connectivity index (χ2n) is 8.19. The van der Waals surface area contributed by atoms with Crippen molar-refractivity contribution in [2.24, 2.45) is 15.8 Å². The Morgan fingerprint density at radius 2 is 1.88 bits per heavy atom. The van der Waals surface area contributed by atoms with Gasteiger partial charge in [-0.25, -0.2) is 19.4 Å². The summed E-state index contributed by atoms with van der Waals surface area (Å²) < 4.78 is 9.95. The number of isocyanates is 1. The van der Waals surface area contributed by atoms with Crippen molar-refractivity contribution in [1.82, 2.24) is 5.32 Å². The first-order valence-electron chi connectivity index (χ1n) is 8.82. The highest BCUT2D eigenvalue weighted by Gasteiger charge is 2.44. The summed E-state index contributed by atoms with van der Waals surface area (Å²) >= 11 is 0. The number of hydrogen-bond donors (Lipinski definition) is 1. The van der Waals surface area contributed by atoms with Gasteiger partial charge in [-0.3, -0.25) is 0 Å². The third kappa shape index (κ3) is 6.64. The molecule has 1 amide bonds. The summed E-state index contributed by atoms with van der Waals surface area (Å²) in [6.07, 6.45) is 3.49. The Morgan fingerprint density at radius 3 is 2.46 bits per heavy atom. The van der Waals surface area contributed by atoms with E-state index >= 15 is 0 Å². The summed E-state index contributed by atoms with van der Waals surface area (Å²) in [6.45, 7) is 13.2. The fourth-order valence-corrected chi connectivity index (χ4v) is 3.80. The van der Waals surface area contributed by atoms with E-state index < -0.39 is 12.1 Å². The molecule has 146 valence electrons. The van der Waals surface area contributed by atoms with E-state index in [9.17, 15) is 14.4 Å². The number of nitrogens with one attached hydrogen (secondary N) is 1. The zero-order valence-corrected chi connectivity index (χ0v) is 16.4. The van der Waals surface area contributed by atoms with Gasteiger partial charge in [0.05, 0.1) is 6.04 Å². The molecule has 0 heterocycles. The highest BCUT2D eigenvalue weighted by molar-refractivity contribution is 5.86. The van der Waals surface area contributed by atoms with Crippen molar-refractivity contribution in [2.45, 2.75) is 66.0 Å². The van der Waals surface area contributed by atoms with Crippen LogP contribution in [-0.2, 0) is 19.1 Å². The molecule has 0 aromatic carbocycles. The van der Waals surface area contributed by atoms with Crippen LogP contribution in [0.4, 0.5) is 4.79 Å². The minimum absolute atomic E-state index is 0.00533. The summed E-state index contributed by atoms with van der Waals surface area (Å²) in [5.41, 5.74) is 0.0771. The Balaban J connectivity index is 2.56. The van der Waals surface area contributed by atoms with Gasteiger partial charge >= 0.3 is 12.1 Å². The van der Waals surface area contributed by atoms with Crippen LogP contribution in [0.15, 0.2) is 17.1 Å². The van der Waals surface area contributed by atoms with Gasteiger partial charge in [0.15, 0.2) is 0 Å². The molecule has 1 aliphatic rings. The van der Waals surface area contributed by atoms with Crippen LogP contribution in [-0.4, -0.2) is 43.4 Å². The second kappa shape index (κ2) is 8.99. The topological polar surface area (TPSA) is 94.1 Å². The van der Waals surface area contributed by atoms with Crippen molar-refractivity contribution >= 4 is 18.1 Å². The summed E-state index contributed by atoms with van der Waals surface area (Å²) in [5, 5.41) is 2.88. The van der Waals surface area contributed by atoms with Gasteiger partial charge < -0.3 is 14.8 Å². The summed E-state index contributed by atoms with van der Waals surface area (Å²) in [4.78, 5) is 37.8. The summed E-state index contributed by atoms with van der Waals surface area (Å²) in [7, 11) is 0. The number of alkyl carbamates (subject to hydrolysis) is 1. The standard InChI is InChI=1S/C19H30N2O5/c1-13(2)16(23)25-7-8-26-17(24)21-15-9-18(4,5)11-19(6,10-15)14(3)20-12-22/h14-15H,1,7-11H2,2-6H3,(H,21,24). The van der Waals surface area contributed by atoms with Gasteiger partial charge in [0.1, 0.15) is 13.2 Å². The molecular weight excluding hydrogens is 336 g/mol. The maximum Gasteiger partial charge on any atom is 0.407 e. The number of rotatable bonds is 7. The molecule has 1 N–H and O–H groups in total. The zero-order valence-electron chi connectivity index (χ0n) is 16.4. The van der Waals surface area contributed by atoms with Crippen LogP contribution in [0.1, 0.15) is 53.9 Å². The lowest BCUT2D eigenvalue weighted by molar-refractivity contribution is -0.139. The fourth-order valence-electron chi connectivity index (χ4n) is 3.80. The SMILES string of the molecule is C=C(C)C(=O)OCCOC(=O)NC1CC(C)(C)CC(C)(C(C)N=C=O)C1. The molecule has 7 nitrogen and oxygen atoms in total. The molecule has 3 unspecified atom stereocenters. The molecule has 1 rings (SSSR count). The maximum absolute atomic E-state index is 12.0. The molecule has 1 aliphatic carbocycles. The Labute approximate surface area is 155 Å². The van der Waals surface area contributed by atoms with E-state index in [-0.39, 0.29) is 36.1 Å². The second-order valence-corrected chi connectivity index (χ2v) is 8.19. The minimum Gasteiger partial charge on any atom is -0.459 e. The van der Waals surface area contributed by atoms with Crippen molar-refractivity contribution < 1.29 is 23.9 Å². The van der Waals surface area contributed by atoms with E-state index in [0.717, 1.165) is 12.8 Å². The number of aliphatic imine (C=N–C) groups is 1. The van der Waals surface area contributed by atoms with Gasteiger partial charge in [0.2, 0.25) is 6.08 Å². The predicted octanol–water partition coefficient (Wildman–Crippen LogP) is 3.14. The number of carbonyl (C=O) groups excluding carboxylic acids is 3. The fraction of sp³-hybridized carbons (Fsp3) is 0.737. The molecule has 0 aromatic rings. The minimum atomic E-state index is -0.548. The summed E-state index contributed by atoms with van der Waals surface area (Å²) in [5.74, 6) is -0.511. The van der Waals surface area contributed by atoms with Crippen LogP contribution in [0.2, 0.25) is 0 Å². The largest absolute Gasteiger partial charge is 0.459 e. The average molecular weight is 366 g/mol. The molecule has 0 aromatic heterocycles.